The molecule has 0 fully saturated rings. The number of pyridine rings is 1. The van der Waals surface area contributed by atoms with Crippen molar-refractivity contribution in [2.45, 2.75) is 0 Å². The Labute approximate surface area is 66.3 Å². The van der Waals surface area contributed by atoms with E-state index in [-0.39, 0.29) is 6.61 Å². The fraction of sp³-hybridized carbons (Fsp3) is 0.375. The third-order valence-corrected chi connectivity index (χ3v) is 1.38. The second kappa shape index (κ2) is 3.93. The van der Waals surface area contributed by atoms with E-state index in [0.29, 0.717) is 6.54 Å². The molecule has 3 nitrogen and oxygen atoms in total. The molecular formula is C8H13N2O+. The molecule has 11 heavy (non-hydrogen) atoms. The van der Waals surface area contributed by atoms with Crippen molar-refractivity contribution in [1.82, 2.24) is 0 Å². The van der Waals surface area contributed by atoms with Crippen LogP contribution in [0, 0.1) is 0 Å². The van der Waals surface area contributed by atoms with Crippen molar-refractivity contribution in [1.29, 1.82) is 0 Å². The summed E-state index contributed by atoms with van der Waals surface area (Å²) in [5.41, 5.74) is 1.03. The zero-order valence-corrected chi connectivity index (χ0v) is 6.62. The molecule has 2 N–H and O–H groups in total. The molecule has 0 aliphatic carbocycles. The molecule has 0 amide bonds. The van der Waals surface area contributed by atoms with Crippen LogP contribution in [0.1, 0.15) is 0 Å². The van der Waals surface area contributed by atoms with E-state index in [1.54, 1.807) is 0 Å². The number of rotatable bonds is 3. The summed E-state index contributed by atoms with van der Waals surface area (Å²) in [5.74, 6) is 0. The first-order valence-electron chi connectivity index (χ1n) is 3.63. The van der Waals surface area contributed by atoms with Crippen LogP contribution in [0.15, 0.2) is 24.5 Å². The van der Waals surface area contributed by atoms with Gasteiger partial charge >= 0.3 is 0 Å². The van der Waals surface area contributed by atoms with Gasteiger partial charge in [-0.3, -0.25) is 0 Å². The average Bonchev–Trinajstić information content (AvgIpc) is 2.01. The number of nitrogens with one attached hydrogen (secondary N) is 1. The van der Waals surface area contributed by atoms with Crippen LogP contribution in [0.4, 0.5) is 5.69 Å². The van der Waals surface area contributed by atoms with Crippen LogP contribution >= 0.6 is 0 Å². The minimum Gasteiger partial charge on any atom is -0.395 e. The largest absolute Gasteiger partial charge is 0.395 e. The molecule has 3 heteroatoms. The van der Waals surface area contributed by atoms with Crippen LogP contribution in [0.2, 0.25) is 0 Å². The highest BCUT2D eigenvalue weighted by molar-refractivity contribution is 5.37. The summed E-state index contributed by atoms with van der Waals surface area (Å²) in [5, 5.41) is 11.6. The molecule has 1 rings (SSSR count). The number of aryl methyl sites for hydroxylation is 1. The van der Waals surface area contributed by atoms with E-state index in [1.165, 1.54) is 0 Å². The Morgan fingerprint density at radius 1 is 1.64 bits per heavy atom. The van der Waals surface area contributed by atoms with Gasteiger partial charge in [-0.15, -0.1) is 0 Å². The Kier molecular flexibility index (Phi) is 2.86. The molecule has 0 aromatic carbocycles. The number of anilines is 1. The fourth-order valence-electron chi connectivity index (χ4n) is 0.893. The highest BCUT2D eigenvalue weighted by atomic mass is 16.3. The summed E-state index contributed by atoms with van der Waals surface area (Å²) in [6.45, 7) is 0.766. The van der Waals surface area contributed by atoms with E-state index in [1.807, 2.05) is 36.1 Å². The van der Waals surface area contributed by atoms with Crippen LogP contribution in [-0.4, -0.2) is 18.3 Å². The van der Waals surface area contributed by atoms with Crippen molar-refractivity contribution in [3.8, 4) is 0 Å². The molecule has 0 atom stereocenters. The highest BCUT2D eigenvalue weighted by Crippen LogP contribution is 1.99. The van der Waals surface area contributed by atoms with Crippen LogP contribution in [0.25, 0.3) is 0 Å². The van der Waals surface area contributed by atoms with Crippen LogP contribution in [0.5, 0.6) is 0 Å². The van der Waals surface area contributed by atoms with Gasteiger partial charge in [-0.1, -0.05) is 0 Å². The smallest absolute Gasteiger partial charge is 0.191 e. The summed E-state index contributed by atoms with van der Waals surface area (Å²) < 4.78 is 1.96. The topological polar surface area (TPSA) is 36.1 Å². The Balaban J connectivity index is 2.56. The second-order valence-corrected chi connectivity index (χ2v) is 2.41. The first-order chi connectivity index (χ1) is 5.33. The zero-order valence-electron chi connectivity index (χ0n) is 6.62. The molecule has 0 saturated heterocycles. The summed E-state index contributed by atoms with van der Waals surface area (Å²) in [6.07, 6.45) is 3.93. The van der Waals surface area contributed by atoms with E-state index in [0.717, 1.165) is 5.69 Å². The predicted molar refractivity (Wildman–Crippen MR) is 43.2 cm³/mol. The van der Waals surface area contributed by atoms with Crippen LogP contribution < -0.4 is 9.88 Å². The minimum absolute atomic E-state index is 0.165. The predicted octanol–water partition coefficient (Wildman–Crippen LogP) is -0.0847. The Bertz CT molecular complexity index is 225. The quantitative estimate of drug-likeness (QED) is 0.596. The maximum absolute atomic E-state index is 8.53. The number of hydrogen-bond acceptors (Lipinski definition) is 2. The maximum atomic E-state index is 8.53. The number of aliphatic hydroxyl groups is 1. The van der Waals surface area contributed by atoms with Crippen molar-refractivity contribution in [3.05, 3.63) is 24.5 Å². The van der Waals surface area contributed by atoms with E-state index < -0.39 is 0 Å². The number of aliphatic hydroxyl groups excluding tert-OH is 1. The van der Waals surface area contributed by atoms with E-state index in [9.17, 15) is 0 Å². The fourth-order valence-corrected chi connectivity index (χ4v) is 0.893. The van der Waals surface area contributed by atoms with Crippen LogP contribution in [0.3, 0.4) is 0 Å². The summed E-state index contributed by atoms with van der Waals surface area (Å²) in [6, 6.07) is 3.93. The van der Waals surface area contributed by atoms with Gasteiger partial charge in [-0.2, -0.15) is 0 Å². The first kappa shape index (κ1) is 8.01. The molecule has 0 unspecified atom stereocenters. The molecule has 0 aliphatic heterocycles. The lowest BCUT2D eigenvalue weighted by atomic mass is 10.4. The van der Waals surface area contributed by atoms with Gasteiger partial charge in [-0.05, 0) is 6.07 Å². The van der Waals surface area contributed by atoms with Crippen LogP contribution in [-0.2, 0) is 7.05 Å². The lowest BCUT2D eigenvalue weighted by Crippen LogP contribution is -2.26. The van der Waals surface area contributed by atoms with E-state index >= 15 is 0 Å². The minimum atomic E-state index is 0.165. The summed E-state index contributed by atoms with van der Waals surface area (Å²) in [7, 11) is 1.96. The summed E-state index contributed by atoms with van der Waals surface area (Å²) >= 11 is 0. The average molecular weight is 153 g/mol. The SMILES string of the molecule is C[n+]1cccc(NCCO)c1. The number of hydrogen-bond donors (Lipinski definition) is 2. The lowest BCUT2D eigenvalue weighted by molar-refractivity contribution is -0.670. The second-order valence-electron chi connectivity index (χ2n) is 2.41. The Morgan fingerprint density at radius 2 is 2.45 bits per heavy atom. The molecule has 0 saturated carbocycles. The standard InChI is InChI=1S/C8H13N2O/c1-10-5-2-3-8(7-10)9-4-6-11/h2-3,5,7,9,11H,4,6H2,1H3/q+1. The normalized spacial score (nSPS) is 9.64. The molecule has 0 bridgehead atoms. The van der Waals surface area contributed by atoms with Gasteiger partial charge in [0, 0.05) is 12.6 Å². The molecule has 0 spiro atoms. The lowest BCUT2D eigenvalue weighted by Gasteiger charge is -2.00. The van der Waals surface area contributed by atoms with Crippen molar-refractivity contribution < 1.29 is 9.67 Å². The van der Waals surface area contributed by atoms with Crippen molar-refractivity contribution in [2.75, 3.05) is 18.5 Å². The van der Waals surface area contributed by atoms with Crippen molar-refractivity contribution in [3.63, 3.8) is 0 Å². The highest BCUT2D eigenvalue weighted by Gasteiger charge is 1.94. The number of nitrogens with zero attached hydrogens (tertiary/aromatic N) is 1. The van der Waals surface area contributed by atoms with Gasteiger partial charge in [0.05, 0.1) is 12.3 Å². The molecule has 1 aromatic rings. The summed E-state index contributed by atoms with van der Waals surface area (Å²) in [4.78, 5) is 0. The van der Waals surface area contributed by atoms with Crippen molar-refractivity contribution >= 4 is 5.69 Å². The molecular weight excluding hydrogens is 140 g/mol. The zero-order chi connectivity index (χ0) is 8.10. The molecule has 0 aliphatic rings. The number of aromatic nitrogens is 1. The third-order valence-electron chi connectivity index (χ3n) is 1.38. The molecule has 0 radical (unpaired) electrons. The van der Waals surface area contributed by atoms with E-state index in [2.05, 4.69) is 5.32 Å². The van der Waals surface area contributed by atoms with Gasteiger partial charge in [0.2, 0.25) is 0 Å². The Morgan fingerprint density at radius 3 is 3.09 bits per heavy atom. The van der Waals surface area contributed by atoms with Gasteiger partial charge in [0.1, 0.15) is 7.05 Å². The van der Waals surface area contributed by atoms with Crippen molar-refractivity contribution in [2.24, 2.45) is 7.05 Å². The molecule has 1 aromatic heterocycles. The van der Waals surface area contributed by atoms with Gasteiger partial charge in [-0.25, -0.2) is 4.57 Å². The van der Waals surface area contributed by atoms with Gasteiger partial charge in [0.15, 0.2) is 12.4 Å². The first-order valence-corrected chi connectivity index (χ1v) is 3.63. The third kappa shape index (κ3) is 2.55. The molecule has 1 heterocycles. The van der Waals surface area contributed by atoms with E-state index in [4.69, 9.17) is 5.11 Å². The molecule has 60 valence electrons. The van der Waals surface area contributed by atoms with Gasteiger partial charge in [0.25, 0.3) is 0 Å². The maximum Gasteiger partial charge on any atom is 0.191 e. The Hall–Kier alpha value is -1.09. The monoisotopic (exact) mass is 153 g/mol. The van der Waals surface area contributed by atoms with Gasteiger partial charge < -0.3 is 10.4 Å².